The van der Waals surface area contributed by atoms with E-state index >= 15 is 0 Å². The van der Waals surface area contributed by atoms with Gasteiger partial charge in [-0.3, -0.25) is 0 Å². The highest BCUT2D eigenvalue weighted by Gasteiger charge is 2.48. The first-order chi connectivity index (χ1) is 33.7. The molecule has 68 heavy (non-hydrogen) atoms. The summed E-state index contributed by atoms with van der Waals surface area (Å²) in [5.74, 6) is 1.73. The molecule has 1 atom stereocenters. The number of allylic oxidation sites excluding steroid dienone is 5. The van der Waals surface area contributed by atoms with Crippen molar-refractivity contribution in [1.29, 1.82) is 0 Å². The van der Waals surface area contributed by atoms with Crippen LogP contribution in [0.3, 0.4) is 0 Å². The SMILES string of the molecule is C1=CCCC(N2C3=CC(N(c4ccc(-c5cc6ccccc6o5)cc4)c4cccc5ccccc45)CC4=C3B(c3ccccc32)c2ccccc2N4c2ccc(-c3cc4ccccc4o3)cc2)=C1. The van der Waals surface area contributed by atoms with E-state index in [1.165, 1.54) is 61.3 Å². The molecule has 4 aliphatic rings. The summed E-state index contributed by atoms with van der Waals surface area (Å²) in [6.45, 7) is 0.0563. The van der Waals surface area contributed by atoms with Gasteiger partial charge in [0.15, 0.2) is 0 Å². The number of para-hydroxylation sites is 4. The Bertz CT molecular complexity index is 3690. The van der Waals surface area contributed by atoms with E-state index in [1.54, 1.807) is 0 Å². The van der Waals surface area contributed by atoms with E-state index in [9.17, 15) is 0 Å². The Morgan fingerprint density at radius 2 is 1.13 bits per heavy atom. The van der Waals surface area contributed by atoms with Gasteiger partial charge in [0.05, 0.1) is 6.04 Å². The van der Waals surface area contributed by atoms with Crippen molar-refractivity contribution in [1.82, 2.24) is 0 Å². The number of furan rings is 2. The minimum atomic E-state index is -0.0812. The molecule has 10 aromatic rings. The summed E-state index contributed by atoms with van der Waals surface area (Å²) < 4.78 is 12.8. The molecule has 0 saturated carbocycles. The van der Waals surface area contributed by atoms with Gasteiger partial charge in [-0.05, 0) is 138 Å². The molecule has 5 nitrogen and oxygen atoms in total. The average molecular weight is 874 g/mol. The van der Waals surface area contributed by atoms with E-state index in [2.05, 4.69) is 215 Å². The van der Waals surface area contributed by atoms with Crippen molar-refractivity contribution in [2.24, 2.45) is 0 Å². The number of rotatable bonds is 7. The molecule has 14 rings (SSSR count). The number of hydrogen-bond donors (Lipinski definition) is 0. The third-order valence-corrected chi connectivity index (χ3v) is 14.4. The highest BCUT2D eigenvalue weighted by atomic mass is 16.3. The van der Waals surface area contributed by atoms with Crippen molar-refractivity contribution in [3.8, 4) is 22.6 Å². The van der Waals surface area contributed by atoms with Crippen molar-refractivity contribution >= 4 is 78.8 Å². The molecular formula is C62H44BN3O2. The van der Waals surface area contributed by atoms with Crippen LogP contribution in [0, 0.1) is 0 Å². The zero-order valence-electron chi connectivity index (χ0n) is 37.3. The fourth-order valence-corrected chi connectivity index (χ4v) is 11.4. The predicted octanol–water partition coefficient (Wildman–Crippen LogP) is 14.8. The van der Waals surface area contributed by atoms with Gasteiger partial charge in [-0.15, -0.1) is 0 Å². The molecule has 0 N–H and O–H groups in total. The first kappa shape index (κ1) is 38.8. The molecule has 2 aliphatic carbocycles. The van der Waals surface area contributed by atoms with E-state index < -0.39 is 0 Å². The van der Waals surface area contributed by atoms with E-state index in [0.717, 1.165) is 75.2 Å². The first-order valence-electron chi connectivity index (χ1n) is 23.8. The normalized spacial score (nSPS) is 16.2. The van der Waals surface area contributed by atoms with Gasteiger partial charge in [0, 0.05) is 79.2 Å². The quantitative estimate of drug-likeness (QED) is 0.149. The van der Waals surface area contributed by atoms with Crippen molar-refractivity contribution in [2.45, 2.75) is 25.3 Å². The molecule has 4 heterocycles. The van der Waals surface area contributed by atoms with Gasteiger partial charge in [0.25, 0.3) is 6.71 Å². The molecule has 8 aromatic carbocycles. The van der Waals surface area contributed by atoms with Gasteiger partial charge in [0.2, 0.25) is 0 Å². The zero-order chi connectivity index (χ0) is 44.7. The van der Waals surface area contributed by atoms with Crippen LogP contribution in [0.15, 0.2) is 256 Å². The second kappa shape index (κ2) is 15.6. The highest BCUT2D eigenvalue weighted by molar-refractivity contribution is 6.94. The van der Waals surface area contributed by atoms with Gasteiger partial charge in [0.1, 0.15) is 22.7 Å². The first-order valence-corrected chi connectivity index (χ1v) is 23.8. The minimum Gasteiger partial charge on any atom is -0.456 e. The Labute approximate surface area is 395 Å². The van der Waals surface area contributed by atoms with Crippen LogP contribution in [-0.4, -0.2) is 12.8 Å². The molecule has 0 spiro atoms. The lowest BCUT2D eigenvalue weighted by Crippen LogP contribution is -2.58. The van der Waals surface area contributed by atoms with E-state index in [0.29, 0.717) is 0 Å². The molecule has 2 aromatic heterocycles. The Morgan fingerprint density at radius 3 is 1.79 bits per heavy atom. The van der Waals surface area contributed by atoms with Crippen molar-refractivity contribution in [2.75, 3.05) is 14.7 Å². The topological polar surface area (TPSA) is 36.0 Å². The molecule has 6 heteroatoms. The van der Waals surface area contributed by atoms with Crippen LogP contribution in [-0.2, 0) is 0 Å². The number of benzene rings is 8. The minimum absolute atomic E-state index is 0.0563. The summed E-state index contributed by atoms with van der Waals surface area (Å²) in [7, 11) is 0. The molecule has 0 fully saturated rings. The van der Waals surface area contributed by atoms with E-state index in [4.69, 9.17) is 8.83 Å². The average Bonchev–Trinajstić information content (AvgIpc) is 4.05. The van der Waals surface area contributed by atoms with Crippen LogP contribution in [0.5, 0.6) is 0 Å². The second-order valence-corrected chi connectivity index (χ2v) is 18.3. The summed E-state index contributed by atoms with van der Waals surface area (Å²) >= 11 is 0. The maximum absolute atomic E-state index is 6.39. The zero-order valence-corrected chi connectivity index (χ0v) is 37.3. The van der Waals surface area contributed by atoms with Crippen LogP contribution in [0.25, 0.3) is 55.4 Å². The number of anilines is 5. The maximum atomic E-state index is 6.39. The van der Waals surface area contributed by atoms with Crippen LogP contribution < -0.4 is 25.6 Å². The second-order valence-electron chi connectivity index (χ2n) is 18.3. The Kier molecular flexibility index (Phi) is 8.88. The summed E-state index contributed by atoms with van der Waals surface area (Å²) in [6, 6.07) is 72.4. The predicted molar refractivity (Wildman–Crippen MR) is 282 cm³/mol. The Balaban J connectivity index is 0.983. The Morgan fingerprint density at radius 1 is 0.544 bits per heavy atom. The molecule has 0 bridgehead atoms. The molecule has 0 saturated heterocycles. The molecule has 0 radical (unpaired) electrons. The summed E-state index contributed by atoms with van der Waals surface area (Å²) in [6.07, 6.45) is 12.2. The monoisotopic (exact) mass is 873 g/mol. The number of nitrogens with zero attached hydrogens (tertiary/aromatic N) is 3. The number of hydrogen-bond acceptors (Lipinski definition) is 5. The molecule has 2 aliphatic heterocycles. The molecule has 322 valence electrons. The van der Waals surface area contributed by atoms with Gasteiger partial charge >= 0.3 is 0 Å². The van der Waals surface area contributed by atoms with Crippen LogP contribution in [0.2, 0.25) is 0 Å². The largest absolute Gasteiger partial charge is 0.456 e. The van der Waals surface area contributed by atoms with Gasteiger partial charge in [-0.2, -0.15) is 0 Å². The summed E-state index contributed by atoms with van der Waals surface area (Å²) in [4.78, 5) is 7.75. The lowest BCUT2D eigenvalue weighted by atomic mass is 9.32. The summed E-state index contributed by atoms with van der Waals surface area (Å²) in [5.41, 5.74) is 17.6. The van der Waals surface area contributed by atoms with E-state index in [1.807, 2.05) is 24.3 Å². The fourth-order valence-electron chi connectivity index (χ4n) is 11.4. The van der Waals surface area contributed by atoms with Crippen molar-refractivity contribution in [3.63, 3.8) is 0 Å². The number of fused-ring (bicyclic) bond motifs is 7. The highest BCUT2D eigenvalue weighted by Crippen LogP contribution is 2.50. The van der Waals surface area contributed by atoms with Crippen LogP contribution >= 0.6 is 0 Å². The lowest BCUT2D eigenvalue weighted by molar-refractivity contribution is 0.631. The smallest absolute Gasteiger partial charge is 0.251 e. The molecule has 1 unspecified atom stereocenters. The van der Waals surface area contributed by atoms with E-state index in [-0.39, 0.29) is 12.8 Å². The van der Waals surface area contributed by atoms with Crippen LogP contribution in [0.1, 0.15) is 19.3 Å². The maximum Gasteiger partial charge on any atom is 0.251 e. The van der Waals surface area contributed by atoms with Crippen molar-refractivity contribution in [3.05, 3.63) is 247 Å². The van der Waals surface area contributed by atoms with Gasteiger partial charge < -0.3 is 23.5 Å². The summed E-state index contributed by atoms with van der Waals surface area (Å²) in [5, 5.41) is 4.63. The van der Waals surface area contributed by atoms with Gasteiger partial charge in [-0.25, -0.2) is 0 Å². The van der Waals surface area contributed by atoms with Gasteiger partial charge in [-0.1, -0.05) is 121 Å². The Hall–Kier alpha value is -8.48. The molecule has 0 amide bonds. The third kappa shape index (κ3) is 6.17. The van der Waals surface area contributed by atoms with Crippen molar-refractivity contribution < 1.29 is 8.83 Å². The molecular weight excluding hydrogens is 830 g/mol. The lowest BCUT2D eigenvalue weighted by Gasteiger charge is -2.50. The third-order valence-electron chi connectivity index (χ3n) is 14.4. The fraction of sp³-hybridized carbons (Fsp3) is 0.0645. The standard InChI is InChI=1S/C62H44BN3O2/c1-2-19-46(20-3-1)65-54-24-10-8-22-51(54)63-52-23-9-11-25-55(52)66(48-35-31-43(32-36-48)61-38-45-17-6-13-28-59(45)68-61)57-40-49(39-56(65)62(57)63)64(53-26-14-18-41-15-4-7-21-50(41)53)47-33-29-42(30-34-47)60-37-44-16-5-12-27-58(44)67-60/h1-2,4-19,21-39,49H,3,20,40H2. The van der Waals surface area contributed by atoms with Crippen LogP contribution in [0.4, 0.5) is 28.4 Å².